The monoisotopic (exact) mass is 298 g/mol. The number of carboxylic acid groups (broad SMARTS) is 1. The summed E-state index contributed by atoms with van der Waals surface area (Å²) in [4.78, 5) is 22.9. The Morgan fingerprint density at radius 1 is 1.10 bits per heavy atom. The molecule has 0 aliphatic carbocycles. The molecule has 1 aliphatic heterocycles. The van der Waals surface area contributed by atoms with E-state index in [0.717, 1.165) is 0 Å². The molecule has 0 saturated carbocycles. The number of hydrogen-bond donors (Lipinski definition) is 1. The summed E-state index contributed by atoms with van der Waals surface area (Å²) in [7, 11) is -3.64. The van der Waals surface area contributed by atoms with Crippen LogP contribution in [-0.2, 0) is 14.8 Å². The number of carboxylic acids is 1. The summed E-state index contributed by atoms with van der Waals surface area (Å²) in [6.45, 7) is 1.19. The highest BCUT2D eigenvalue weighted by Crippen LogP contribution is 2.18. The third kappa shape index (κ3) is 2.81. The number of benzene rings is 1. The first kappa shape index (κ1) is 14.5. The molecule has 1 N–H and O–H groups in total. The number of piperazine rings is 1. The molecule has 1 aromatic rings. The maximum Gasteiger partial charge on any atom is 0.335 e. The minimum atomic E-state index is -3.64. The number of hydrogen-bond acceptors (Lipinski definition) is 4. The Hall–Kier alpha value is -1.93. The van der Waals surface area contributed by atoms with Crippen molar-refractivity contribution in [3.8, 4) is 0 Å². The summed E-state index contributed by atoms with van der Waals surface area (Å²) in [6.07, 6.45) is 0.700. The zero-order valence-corrected chi connectivity index (χ0v) is 11.4. The normalized spacial score (nSPS) is 16.9. The van der Waals surface area contributed by atoms with Crippen LogP contribution < -0.4 is 0 Å². The molecule has 20 heavy (non-hydrogen) atoms. The second-order valence-electron chi connectivity index (χ2n) is 4.37. The summed E-state index contributed by atoms with van der Waals surface area (Å²) in [5, 5.41) is 8.79. The Bertz CT molecular complexity index is 603. The van der Waals surface area contributed by atoms with Crippen molar-refractivity contribution in [2.24, 2.45) is 0 Å². The molecule has 1 saturated heterocycles. The van der Waals surface area contributed by atoms with Crippen molar-refractivity contribution >= 4 is 22.4 Å². The molecule has 0 aromatic heterocycles. The average molecular weight is 298 g/mol. The Morgan fingerprint density at radius 2 is 1.65 bits per heavy atom. The van der Waals surface area contributed by atoms with Crippen LogP contribution in [0.2, 0.25) is 0 Å². The van der Waals surface area contributed by atoms with Crippen LogP contribution in [0, 0.1) is 0 Å². The first-order valence-corrected chi connectivity index (χ1v) is 7.42. The molecule has 1 aromatic carbocycles. The minimum absolute atomic E-state index is 0.0368. The van der Waals surface area contributed by atoms with E-state index in [1.807, 2.05) is 0 Å². The van der Waals surface area contributed by atoms with E-state index in [1.165, 1.54) is 33.5 Å². The van der Waals surface area contributed by atoms with Gasteiger partial charge in [-0.05, 0) is 24.3 Å². The van der Waals surface area contributed by atoms with Crippen LogP contribution >= 0.6 is 0 Å². The lowest BCUT2D eigenvalue weighted by Crippen LogP contribution is -2.47. The Kier molecular flexibility index (Phi) is 4.05. The Labute approximate surface area is 116 Å². The van der Waals surface area contributed by atoms with Crippen molar-refractivity contribution in [2.75, 3.05) is 26.2 Å². The molecule has 1 aliphatic rings. The van der Waals surface area contributed by atoms with Gasteiger partial charge in [-0.25, -0.2) is 13.2 Å². The van der Waals surface area contributed by atoms with Crippen LogP contribution in [0.3, 0.4) is 0 Å². The first-order valence-electron chi connectivity index (χ1n) is 5.98. The second-order valence-corrected chi connectivity index (χ2v) is 6.31. The number of sulfonamides is 1. The van der Waals surface area contributed by atoms with Crippen LogP contribution in [0.1, 0.15) is 10.4 Å². The van der Waals surface area contributed by atoms with E-state index in [2.05, 4.69) is 0 Å². The predicted octanol–water partition coefficient (Wildman–Crippen LogP) is -0.153. The van der Waals surface area contributed by atoms with Gasteiger partial charge in [0.25, 0.3) is 0 Å². The average Bonchev–Trinajstić information content (AvgIpc) is 2.47. The zero-order chi connectivity index (χ0) is 14.8. The van der Waals surface area contributed by atoms with Crippen molar-refractivity contribution in [1.82, 2.24) is 9.21 Å². The van der Waals surface area contributed by atoms with Crippen LogP contribution in [0.4, 0.5) is 0 Å². The van der Waals surface area contributed by atoms with Gasteiger partial charge in [0.05, 0.1) is 10.5 Å². The molecule has 0 radical (unpaired) electrons. The molecule has 0 unspecified atom stereocenters. The second kappa shape index (κ2) is 5.59. The highest BCUT2D eigenvalue weighted by atomic mass is 32.2. The molecule has 2 rings (SSSR count). The molecule has 1 amide bonds. The fraction of sp³-hybridized carbons (Fsp3) is 0.333. The van der Waals surface area contributed by atoms with E-state index >= 15 is 0 Å². The van der Waals surface area contributed by atoms with E-state index in [0.29, 0.717) is 19.5 Å². The number of amides is 1. The van der Waals surface area contributed by atoms with Crippen LogP contribution in [0.25, 0.3) is 0 Å². The predicted molar refractivity (Wildman–Crippen MR) is 69.8 cm³/mol. The maximum absolute atomic E-state index is 12.3. The minimum Gasteiger partial charge on any atom is -0.478 e. The standard InChI is InChI=1S/C12H14N2O5S/c15-9-13-5-7-14(8-6-13)20(18,19)11-3-1-10(2-4-11)12(16)17/h1-4,9H,5-8H2,(H,16,17). The highest BCUT2D eigenvalue weighted by molar-refractivity contribution is 7.89. The maximum atomic E-state index is 12.3. The SMILES string of the molecule is O=CN1CCN(S(=O)(=O)c2ccc(C(=O)O)cc2)CC1. The van der Waals surface area contributed by atoms with Gasteiger partial charge in [0.2, 0.25) is 16.4 Å². The first-order chi connectivity index (χ1) is 9.45. The lowest BCUT2D eigenvalue weighted by molar-refractivity contribution is -0.119. The molecule has 8 heteroatoms. The smallest absolute Gasteiger partial charge is 0.335 e. The molecule has 0 atom stereocenters. The van der Waals surface area contributed by atoms with E-state index in [1.54, 1.807) is 0 Å². The molecule has 0 bridgehead atoms. The number of nitrogens with zero attached hydrogens (tertiary/aromatic N) is 2. The number of carbonyl (C=O) groups excluding carboxylic acids is 1. The third-order valence-electron chi connectivity index (χ3n) is 3.16. The lowest BCUT2D eigenvalue weighted by atomic mass is 10.2. The summed E-state index contributed by atoms with van der Waals surface area (Å²) >= 11 is 0. The van der Waals surface area contributed by atoms with Gasteiger partial charge in [0, 0.05) is 26.2 Å². The van der Waals surface area contributed by atoms with Crippen molar-refractivity contribution in [3.63, 3.8) is 0 Å². The fourth-order valence-corrected chi connectivity index (χ4v) is 3.39. The van der Waals surface area contributed by atoms with Crippen molar-refractivity contribution in [1.29, 1.82) is 0 Å². The topological polar surface area (TPSA) is 95.0 Å². The summed E-state index contributed by atoms with van der Waals surface area (Å²) < 4.78 is 26.0. The number of aromatic carboxylic acids is 1. The van der Waals surface area contributed by atoms with E-state index in [4.69, 9.17) is 5.11 Å². The zero-order valence-electron chi connectivity index (χ0n) is 10.6. The largest absolute Gasteiger partial charge is 0.478 e. The Morgan fingerprint density at radius 3 is 2.10 bits per heavy atom. The van der Waals surface area contributed by atoms with Gasteiger partial charge in [0.1, 0.15) is 0 Å². The third-order valence-corrected chi connectivity index (χ3v) is 5.07. The molecule has 0 spiro atoms. The molecule has 1 fully saturated rings. The summed E-state index contributed by atoms with van der Waals surface area (Å²) in [5.41, 5.74) is 0.0368. The van der Waals surface area contributed by atoms with Gasteiger partial charge in [-0.15, -0.1) is 0 Å². The van der Waals surface area contributed by atoms with E-state index in [-0.39, 0.29) is 23.5 Å². The van der Waals surface area contributed by atoms with Crippen LogP contribution in [-0.4, -0.2) is 61.3 Å². The van der Waals surface area contributed by atoms with Gasteiger partial charge in [0.15, 0.2) is 0 Å². The van der Waals surface area contributed by atoms with Crippen LogP contribution in [0.15, 0.2) is 29.2 Å². The van der Waals surface area contributed by atoms with Gasteiger partial charge >= 0.3 is 5.97 Å². The van der Waals surface area contributed by atoms with Gasteiger partial charge < -0.3 is 10.0 Å². The molecule has 1 heterocycles. The van der Waals surface area contributed by atoms with Crippen molar-refractivity contribution < 1.29 is 23.1 Å². The summed E-state index contributed by atoms with van der Waals surface area (Å²) in [5.74, 6) is -1.10. The molecule has 108 valence electrons. The number of rotatable bonds is 4. The van der Waals surface area contributed by atoms with Gasteiger partial charge in [-0.3, -0.25) is 4.79 Å². The van der Waals surface area contributed by atoms with E-state index in [9.17, 15) is 18.0 Å². The lowest BCUT2D eigenvalue weighted by Gasteiger charge is -2.31. The summed E-state index contributed by atoms with van der Waals surface area (Å²) in [6, 6.07) is 5.09. The molecular formula is C12H14N2O5S. The van der Waals surface area contributed by atoms with E-state index < -0.39 is 16.0 Å². The van der Waals surface area contributed by atoms with Crippen molar-refractivity contribution in [3.05, 3.63) is 29.8 Å². The molecule has 7 nitrogen and oxygen atoms in total. The van der Waals surface area contributed by atoms with Crippen LogP contribution in [0.5, 0.6) is 0 Å². The number of carbonyl (C=O) groups is 2. The van der Waals surface area contributed by atoms with Gasteiger partial charge in [-0.2, -0.15) is 4.31 Å². The van der Waals surface area contributed by atoms with Crippen molar-refractivity contribution in [2.45, 2.75) is 4.90 Å². The fourth-order valence-electron chi connectivity index (χ4n) is 1.97. The highest BCUT2D eigenvalue weighted by Gasteiger charge is 2.28. The van der Waals surface area contributed by atoms with Gasteiger partial charge in [-0.1, -0.05) is 0 Å². The quantitative estimate of drug-likeness (QED) is 0.780. The molecular weight excluding hydrogens is 284 g/mol. The Balaban J connectivity index is 2.18.